The largest absolute Gasteiger partial charge is 0.486 e. The van der Waals surface area contributed by atoms with E-state index in [4.69, 9.17) is 14.0 Å². The van der Waals surface area contributed by atoms with Crippen molar-refractivity contribution >= 4 is 46.2 Å². The van der Waals surface area contributed by atoms with Crippen molar-refractivity contribution in [3.63, 3.8) is 0 Å². The average Bonchev–Trinajstić information content (AvgIpc) is 3.57. The van der Waals surface area contributed by atoms with E-state index in [0.717, 1.165) is 26.9 Å². The van der Waals surface area contributed by atoms with Gasteiger partial charge in [-0.25, -0.2) is 4.98 Å². The number of hydrogen-bond donors (Lipinski definition) is 0. The smallest absolute Gasteiger partial charge is 0.216 e. The summed E-state index contributed by atoms with van der Waals surface area (Å²) in [4.78, 5) is 13.8. The summed E-state index contributed by atoms with van der Waals surface area (Å²) in [5, 5.41) is 3.91. The first-order chi connectivity index (χ1) is 27.7. The molecule has 4 aromatic carbocycles. The van der Waals surface area contributed by atoms with Crippen molar-refractivity contribution in [2.75, 3.05) is 0 Å². The first-order valence-corrected chi connectivity index (χ1v) is 20.8. The Labute approximate surface area is 338 Å². The molecule has 0 amide bonds. The van der Waals surface area contributed by atoms with E-state index >= 15 is 0 Å². The third-order valence-electron chi connectivity index (χ3n) is 8.52. The topological polar surface area (TPSA) is 51.8 Å². The van der Waals surface area contributed by atoms with Crippen LogP contribution in [0.15, 0.2) is 126 Å². The number of fused-ring (bicyclic) bond motifs is 4. The van der Waals surface area contributed by atoms with Crippen molar-refractivity contribution in [3.8, 4) is 22.5 Å². The van der Waals surface area contributed by atoms with Crippen LogP contribution in [0.1, 0.15) is 52.6 Å². The van der Waals surface area contributed by atoms with Gasteiger partial charge in [0.15, 0.2) is 0 Å². The van der Waals surface area contributed by atoms with Crippen LogP contribution in [0.25, 0.3) is 55.5 Å². The van der Waals surface area contributed by atoms with Crippen molar-refractivity contribution in [2.45, 2.75) is 60.0 Å². The normalized spacial score (nSPS) is 14.4. The van der Waals surface area contributed by atoms with Crippen LogP contribution < -0.4 is 5.19 Å². The van der Waals surface area contributed by atoms with Crippen molar-refractivity contribution in [1.82, 2.24) is 15.0 Å². The molecule has 0 N–H and O–H groups in total. The molecule has 0 fully saturated rings. The van der Waals surface area contributed by atoms with Crippen molar-refractivity contribution in [1.29, 1.82) is 0 Å². The zero-order valence-corrected chi connectivity index (χ0v) is 34.0. The Morgan fingerprint density at radius 2 is 1.60 bits per heavy atom. The predicted octanol–water partition coefficient (Wildman–Crippen LogP) is 11.6. The van der Waals surface area contributed by atoms with E-state index in [1.807, 2.05) is 75.4 Å². The Morgan fingerprint density at radius 1 is 0.811 bits per heavy atom. The van der Waals surface area contributed by atoms with Crippen molar-refractivity contribution < 1.29 is 34.1 Å². The van der Waals surface area contributed by atoms with Gasteiger partial charge in [0.2, 0.25) is 5.71 Å². The van der Waals surface area contributed by atoms with Gasteiger partial charge in [-0.15, -0.1) is 53.6 Å². The van der Waals surface area contributed by atoms with E-state index in [1.165, 1.54) is 6.07 Å². The fourth-order valence-corrected chi connectivity index (χ4v) is 7.50. The molecule has 0 unspecified atom stereocenters. The summed E-state index contributed by atoms with van der Waals surface area (Å²) >= 11 is 0. The molecule has 1 radical (unpaired) electrons. The maximum Gasteiger partial charge on any atom is 0.216 e. The molecule has 269 valence electrons. The van der Waals surface area contributed by atoms with E-state index in [1.54, 1.807) is 54.9 Å². The molecule has 0 spiro atoms. The predicted molar refractivity (Wildman–Crippen MR) is 220 cm³/mol. The Balaban J connectivity index is 0.000000198. The zero-order valence-electron chi connectivity index (χ0n) is 37.6. The first kappa shape index (κ1) is 29.7. The van der Waals surface area contributed by atoms with Crippen LogP contribution in [0.3, 0.4) is 0 Å². The van der Waals surface area contributed by atoms with Crippen molar-refractivity contribution in [3.05, 3.63) is 156 Å². The van der Waals surface area contributed by atoms with Crippen LogP contribution >= 0.6 is 0 Å². The molecule has 4 heterocycles. The van der Waals surface area contributed by atoms with Crippen LogP contribution in [-0.4, -0.2) is 23.0 Å². The summed E-state index contributed by atoms with van der Waals surface area (Å²) in [6, 6.07) is 39.3. The fraction of sp³-hybridized carbons (Fsp3) is 0.213. The number of pyridine rings is 3. The molecule has 53 heavy (non-hydrogen) atoms. The Kier molecular flexibility index (Phi) is 8.79. The van der Waals surface area contributed by atoms with Crippen molar-refractivity contribution in [2.24, 2.45) is 5.41 Å². The van der Waals surface area contributed by atoms with E-state index < -0.39 is 33.1 Å². The third kappa shape index (κ3) is 8.90. The number of nitrogens with zero attached hydrogens (tertiary/aromatic N) is 3. The van der Waals surface area contributed by atoms with Crippen LogP contribution in [0.4, 0.5) is 0 Å². The van der Waals surface area contributed by atoms with Gasteiger partial charge in [-0.3, -0.25) is 0 Å². The molecule has 0 aliphatic rings. The first-order valence-electron chi connectivity index (χ1n) is 20.8. The number of furan rings is 1. The molecule has 8 rings (SSSR count). The van der Waals surface area contributed by atoms with Gasteiger partial charge < -0.3 is 14.4 Å². The number of para-hydroxylation sites is 1. The van der Waals surface area contributed by atoms with Crippen LogP contribution in [0.2, 0.25) is 19.6 Å². The summed E-state index contributed by atoms with van der Waals surface area (Å²) in [5.74, 6) is 0. The molecule has 0 saturated heterocycles. The standard InChI is InChI=1S/C25H21N2O.C22H24NSi.Ir/c1-25(2,3)15-16-11-12-26-22(13-16)19-9-6-8-18-20-14-17-7-4-5-10-21(17)27-24(20)28-23(18)19;1-17-10-12-19(13-11-17)21-15-20(14-18-8-6-5-7-9-18)22(16-23-21)24(2,3)4;/h4-8,10-14H,15H2,1-3H3;5-12,15-16H,14H2,1-4H3;/q2*-1;/i15D2;1D3,14D2;. The molecule has 4 aromatic heterocycles. The Morgan fingerprint density at radius 3 is 2.34 bits per heavy atom. The van der Waals surface area contributed by atoms with Gasteiger partial charge in [-0.2, -0.15) is 0 Å². The molecule has 4 nitrogen and oxygen atoms in total. The van der Waals surface area contributed by atoms with E-state index in [-0.39, 0.29) is 25.7 Å². The van der Waals surface area contributed by atoms with Crippen LogP contribution in [0.5, 0.6) is 0 Å². The van der Waals surface area contributed by atoms with Gasteiger partial charge in [0, 0.05) is 52.9 Å². The quantitative estimate of drug-likeness (QED) is 0.123. The zero-order chi connectivity index (χ0) is 42.5. The van der Waals surface area contributed by atoms with Gasteiger partial charge in [0.1, 0.15) is 0 Å². The molecule has 0 aliphatic heterocycles. The number of aryl methyl sites for hydroxylation is 1. The number of aromatic nitrogens is 3. The second-order valence-electron chi connectivity index (χ2n) is 14.9. The molecule has 8 aromatic rings. The van der Waals surface area contributed by atoms with Crippen LogP contribution in [0, 0.1) is 24.4 Å². The summed E-state index contributed by atoms with van der Waals surface area (Å²) in [6.07, 6.45) is 0.248. The average molecular weight is 895 g/mol. The maximum absolute atomic E-state index is 8.88. The van der Waals surface area contributed by atoms with Gasteiger partial charge in [0.25, 0.3) is 0 Å². The van der Waals surface area contributed by atoms with Crippen LogP contribution in [-0.2, 0) is 32.9 Å². The van der Waals surface area contributed by atoms with Gasteiger partial charge in [-0.05, 0) is 58.5 Å². The minimum absolute atomic E-state index is 0. The third-order valence-corrected chi connectivity index (χ3v) is 10.5. The summed E-state index contributed by atoms with van der Waals surface area (Å²) < 4.78 is 63.7. The SMILES string of the molecule is [2H]C([2H])([2H])c1c[c-]c(-c2cc(C([2H])([2H])c3ccccc3)c([Si](C)(C)C)cn2)cc1.[2H]C([2H])(c1ccnc(-c2[c-]ccc3c2oc2nc4ccccc4cc23)c1)C(C)(C)C.[Ir]. The molecule has 0 saturated carbocycles. The van der Waals surface area contributed by atoms with Gasteiger partial charge in [-0.1, -0.05) is 130 Å². The Bertz CT molecular complexity index is 2800. The van der Waals surface area contributed by atoms with E-state index in [0.29, 0.717) is 50.5 Å². The molecular weight excluding hydrogens is 843 g/mol. The van der Waals surface area contributed by atoms with E-state index in [9.17, 15) is 0 Å². The van der Waals surface area contributed by atoms with E-state index in [2.05, 4.69) is 52.8 Å². The summed E-state index contributed by atoms with van der Waals surface area (Å²) in [5.41, 5.74) is 6.16. The monoisotopic (exact) mass is 895 g/mol. The molecule has 0 aliphatic carbocycles. The fourth-order valence-electron chi connectivity index (χ4n) is 6.10. The second-order valence-corrected chi connectivity index (χ2v) is 19.9. The van der Waals surface area contributed by atoms with Gasteiger partial charge >= 0.3 is 0 Å². The number of hydrogen-bond acceptors (Lipinski definition) is 4. The number of benzene rings is 4. The molecule has 0 bridgehead atoms. The summed E-state index contributed by atoms with van der Waals surface area (Å²) in [7, 11) is -1.87. The maximum atomic E-state index is 8.88. The molecule has 6 heteroatoms. The molecule has 0 atom stereocenters. The minimum atomic E-state index is -2.18. The number of rotatable bonds is 6. The van der Waals surface area contributed by atoms with Gasteiger partial charge in [0.05, 0.1) is 19.2 Å². The molecular formula is C47H45IrN3OSi-2. The minimum Gasteiger partial charge on any atom is -0.486 e. The Hall–Kier alpha value is -4.74. The second kappa shape index (κ2) is 15.7. The summed E-state index contributed by atoms with van der Waals surface area (Å²) in [6.45, 7) is 10.0.